The van der Waals surface area contributed by atoms with Gasteiger partial charge in [0.25, 0.3) is 0 Å². The van der Waals surface area contributed by atoms with E-state index in [4.69, 9.17) is 11.6 Å². The Morgan fingerprint density at radius 1 is 1.17 bits per heavy atom. The Morgan fingerprint density at radius 2 is 1.88 bits per heavy atom. The summed E-state index contributed by atoms with van der Waals surface area (Å²) in [6.07, 6.45) is 14.4. The van der Waals surface area contributed by atoms with Crippen molar-refractivity contribution in [1.82, 2.24) is 9.97 Å². The van der Waals surface area contributed by atoms with Crippen LogP contribution < -0.4 is 0 Å². The largest absolute Gasteiger partial charge is 0.236 e. The highest BCUT2D eigenvalue weighted by molar-refractivity contribution is 6.31. The minimum Gasteiger partial charge on any atom is -0.236 e. The zero-order valence-electron chi connectivity index (χ0n) is 13.9. The standard InChI is InChI=1S/C20H22ClFN2/c1-2-3-4-14-5-7-15(8-6-14)17-12-23-20(24-13-17)16-9-10-19(22)18(21)11-16/h3-4,9-15H,2,5-8H2,1H3/b4-3+. The van der Waals surface area contributed by atoms with Crippen molar-refractivity contribution in [1.29, 1.82) is 0 Å². The fourth-order valence-electron chi connectivity index (χ4n) is 3.31. The molecule has 0 saturated heterocycles. The molecule has 4 heteroatoms. The average molecular weight is 345 g/mol. The van der Waals surface area contributed by atoms with Crippen molar-refractivity contribution in [3.8, 4) is 11.4 Å². The second-order valence-corrected chi connectivity index (χ2v) is 6.82. The molecule has 0 atom stereocenters. The Bertz CT molecular complexity index is 704. The van der Waals surface area contributed by atoms with Crippen molar-refractivity contribution in [2.75, 3.05) is 0 Å². The summed E-state index contributed by atoms with van der Waals surface area (Å²) < 4.78 is 13.3. The van der Waals surface area contributed by atoms with Crippen LogP contribution in [-0.2, 0) is 0 Å². The Balaban J connectivity index is 1.67. The van der Waals surface area contributed by atoms with Crippen molar-refractivity contribution in [2.24, 2.45) is 5.92 Å². The summed E-state index contributed by atoms with van der Waals surface area (Å²) in [7, 11) is 0. The van der Waals surface area contributed by atoms with Crippen LogP contribution in [-0.4, -0.2) is 9.97 Å². The van der Waals surface area contributed by atoms with Crippen molar-refractivity contribution < 1.29 is 4.39 Å². The molecule has 0 N–H and O–H groups in total. The first-order chi connectivity index (χ1) is 11.7. The first-order valence-electron chi connectivity index (χ1n) is 8.61. The van der Waals surface area contributed by atoms with E-state index in [0.29, 0.717) is 11.7 Å². The van der Waals surface area contributed by atoms with Gasteiger partial charge in [0.2, 0.25) is 0 Å². The molecule has 1 aliphatic rings. The lowest BCUT2D eigenvalue weighted by molar-refractivity contribution is 0.374. The Hall–Kier alpha value is -1.74. The number of hydrogen-bond acceptors (Lipinski definition) is 2. The third kappa shape index (κ3) is 4.02. The Labute approximate surface area is 147 Å². The van der Waals surface area contributed by atoms with E-state index in [1.165, 1.54) is 37.3 Å². The van der Waals surface area contributed by atoms with Gasteiger partial charge in [-0.1, -0.05) is 30.7 Å². The van der Waals surface area contributed by atoms with Gasteiger partial charge in [0, 0.05) is 18.0 Å². The Kier molecular flexibility index (Phi) is 5.62. The first-order valence-corrected chi connectivity index (χ1v) is 8.99. The van der Waals surface area contributed by atoms with Gasteiger partial charge in [0.05, 0.1) is 5.02 Å². The Morgan fingerprint density at radius 3 is 2.50 bits per heavy atom. The van der Waals surface area contributed by atoms with Crippen LogP contribution in [0, 0.1) is 11.7 Å². The van der Waals surface area contributed by atoms with Crippen molar-refractivity contribution >= 4 is 11.6 Å². The molecular formula is C20H22ClFN2. The maximum absolute atomic E-state index is 13.3. The van der Waals surface area contributed by atoms with Crippen LogP contribution in [0.25, 0.3) is 11.4 Å². The molecule has 2 aromatic rings. The van der Waals surface area contributed by atoms with Gasteiger partial charge in [0.15, 0.2) is 5.82 Å². The highest BCUT2D eigenvalue weighted by Gasteiger charge is 2.21. The summed E-state index contributed by atoms with van der Waals surface area (Å²) in [5.41, 5.74) is 1.94. The van der Waals surface area contributed by atoms with Crippen LogP contribution in [0.5, 0.6) is 0 Å². The van der Waals surface area contributed by atoms with Crippen LogP contribution >= 0.6 is 11.6 Å². The molecule has 1 aromatic carbocycles. The fourth-order valence-corrected chi connectivity index (χ4v) is 3.49. The van der Waals surface area contributed by atoms with Gasteiger partial charge >= 0.3 is 0 Å². The van der Waals surface area contributed by atoms with Crippen LogP contribution in [0.1, 0.15) is 50.5 Å². The zero-order chi connectivity index (χ0) is 16.9. The molecule has 1 saturated carbocycles. The third-order valence-corrected chi connectivity index (χ3v) is 5.03. The van der Waals surface area contributed by atoms with E-state index in [1.54, 1.807) is 12.1 Å². The van der Waals surface area contributed by atoms with E-state index in [9.17, 15) is 4.39 Å². The van der Waals surface area contributed by atoms with E-state index in [-0.39, 0.29) is 5.02 Å². The number of rotatable bonds is 4. The van der Waals surface area contributed by atoms with Crippen LogP contribution in [0.4, 0.5) is 4.39 Å². The SMILES string of the molecule is CC/C=C/C1CCC(c2cnc(-c3ccc(F)c(Cl)c3)nc2)CC1. The summed E-state index contributed by atoms with van der Waals surface area (Å²) >= 11 is 5.83. The third-order valence-electron chi connectivity index (χ3n) is 4.74. The molecule has 0 spiro atoms. The van der Waals surface area contributed by atoms with Crippen molar-refractivity contribution in [2.45, 2.75) is 44.9 Å². The molecule has 0 aliphatic heterocycles. The summed E-state index contributed by atoms with van der Waals surface area (Å²) in [5.74, 6) is 1.43. The zero-order valence-corrected chi connectivity index (χ0v) is 14.6. The molecule has 1 fully saturated rings. The van der Waals surface area contributed by atoms with Gasteiger partial charge in [-0.25, -0.2) is 14.4 Å². The van der Waals surface area contributed by atoms with Gasteiger partial charge in [-0.3, -0.25) is 0 Å². The average Bonchev–Trinajstić information content (AvgIpc) is 2.63. The maximum Gasteiger partial charge on any atom is 0.159 e. The minimum absolute atomic E-state index is 0.0960. The number of hydrogen-bond donors (Lipinski definition) is 0. The second-order valence-electron chi connectivity index (χ2n) is 6.42. The van der Waals surface area contributed by atoms with E-state index in [0.717, 1.165) is 17.9 Å². The molecular weight excluding hydrogens is 323 g/mol. The van der Waals surface area contributed by atoms with E-state index < -0.39 is 5.82 Å². The van der Waals surface area contributed by atoms with Crippen molar-refractivity contribution in [3.05, 3.63) is 59.1 Å². The molecule has 0 bridgehead atoms. The highest BCUT2D eigenvalue weighted by atomic mass is 35.5. The number of nitrogens with zero attached hydrogens (tertiary/aromatic N) is 2. The number of aromatic nitrogens is 2. The molecule has 2 nitrogen and oxygen atoms in total. The first kappa shape index (κ1) is 17.1. The summed E-state index contributed by atoms with van der Waals surface area (Å²) in [4.78, 5) is 8.91. The van der Waals surface area contributed by atoms with Crippen molar-refractivity contribution in [3.63, 3.8) is 0 Å². The number of halogens is 2. The van der Waals surface area contributed by atoms with Crippen LogP contribution in [0.3, 0.4) is 0 Å². The van der Waals surface area contributed by atoms with E-state index in [2.05, 4.69) is 29.0 Å². The quantitative estimate of drug-likeness (QED) is 0.619. The molecule has 0 amide bonds. The lowest BCUT2D eigenvalue weighted by Crippen LogP contribution is -2.12. The molecule has 0 unspecified atom stereocenters. The minimum atomic E-state index is -0.425. The molecule has 1 heterocycles. The van der Waals surface area contributed by atoms with Gasteiger partial charge in [-0.15, -0.1) is 0 Å². The predicted molar refractivity (Wildman–Crippen MR) is 96.6 cm³/mol. The summed E-state index contributed by atoms with van der Waals surface area (Å²) in [6, 6.07) is 4.57. The van der Waals surface area contributed by atoms with E-state index in [1.807, 2.05) is 12.4 Å². The molecule has 0 radical (unpaired) electrons. The molecule has 3 rings (SSSR count). The molecule has 24 heavy (non-hydrogen) atoms. The smallest absolute Gasteiger partial charge is 0.159 e. The van der Waals surface area contributed by atoms with Crippen LogP contribution in [0.2, 0.25) is 5.02 Å². The van der Waals surface area contributed by atoms with Gasteiger partial charge < -0.3 is 0 Å². The topological polar surface area (TPSA) is 25.8 Å². The molecule has 126 valence electrons. The second kappa shape index (κ2) is 7.89. The number of benzene rings is 1. The normalized spacial score (nSPS) is 21.3. The summed E-state index contributed by atoms with van der Waals surface area (Å²) in [6.45, 7) is 2.18. The molecule has 1 aromatic heterocycles. The fraction of sp³-hybridized carbons (Fsp3) is 0.400. The highest BCUT2D eigenvalue weighted by Crippen LogP contribution is 2.36. The monoisotopic (exact) mass is 344 g/mol. The number of allylic oxidation sites excluding steroid dienone is 2. The maximum atomic E-state index is 13.3. The predicted octanol–water partition coefficient (Wildman–Crippen LogP) is 6.18. The lowest BCUT2D eigenvalue weighted by Gasteiger charge is -2.26. The lowest BCUT2D eigenvalue weighted by atomic mass is 9.79. The van der Waals surface area contributed by atoms with Gasteiger partial charge in [-0.05, 0) is 67.7 Å². The van der Waals surface area contributed by atoms with E-state index >= 15 is 0 Å². The van der Waals surface area contributed by atoms with Gasteiger partial charge in [0.1, 0.15) is 5.82 Å². The van der Waals surface area contributed by atoms with Gasteiger partial charge in [-0.2, -0.15) is 0 Å². The summed E-state index contributed by atoms with van der Waals surface area (Å²) in [5, 5.41) is 0.0960. The van der Waals surface area contributed by atoms with Crippen LogP contribution in [0.15, 0.2) is 42.7 Å². The molecule has 1 aliphatic carbocycles.